The van der Waals surface area contributed by atoms with Crippen LogP contribution in [0.25, 0.3) is 11.1 Å². The van der Waals surface area contributed by atoms with Gasteiger partial charge in [0.1, 0.15) is 0 Å². The molecule has 0 unspecified atom stereocenters. The summed E-state index contributed by atoms with van der Waals surface area (Å²) in [6.45, 7) is 8.54. The highest BCUT2D eigenvalue weighted by atomic mass is 14.7. The quantitative estimate of drug-likeness (QED) is 0.585. The first-order valence-corrected chi connectivity index (χ1v) is 6.00. The maximum atomic E-state index is 4.58. The van der Waals surface area contributed by atoms with Gasteiger partial charge in [-0.15, -0.1) is 0 Å². The lowest BCUT2D eigenvalue weighted by molar-refractivity contribution is 1.06. The lowest BCUT2D eigenvalue weighted by Crippen LogP contribution is -1.93. The van der Waals surface area contributed by atoms with Crippen LogP contribution >= 0.6 is 0 Å². The topological polar surface area (TPSA) is 25.8 Å². The smallest absolute Gasteiger partial charge is 0.0529 e. The maximum Gasteiger partial charge on any atom is 0.0529 e. The molecule has 0 aromatic carbocycles. The molecule has 0 saturated heterocycles. The highest BCUT2D eigenvalue weighted by Gasteiger charge is 2.24. The van der Waals surface area contributed by atoms with Crippen LogP contribution in [0.4, 0.5) is 0 Å². The Balaban J connectivity index is 2.35. The molecular weight excluding hydrogens is 208 g/mol. The summed E-state index contributed by atoms with van der Waals surface area (Å²) >= 11 is 0. The van der Waals surface area contributed by atoms with Crippen LogP contribution < -0.4 is 0 Å². The third-order valence-electron chi connectivity index (χ3n) is 3.99. The molecule has 2 nitrogen and oxygen atoms in total. The highest BCUT2D eigenvalue weighted by molar-refractivity contribution is 5.79. The van der Waals surface area contributed by atoms with E-state index in [0.717, 1.165) is 12.1 Å². The van der Waals surface area contributed by atoms with E-state index in [2.05, 4.69) is 37.7 Å². The van der Waals surface area contributed by atoms with Crippen LogP contribution in [0, 0.1) is 27.7 Å². The molecule has 0 bridgehead atoms. The minimum absolute atomic E-state index is 0.959. The number of aromatic nitrogens is 2. The van der Waals surface area contributed by atoms with Gasteiger partial charge in [-0.2, -0.15) is 0 Å². The molecule has 86 valence electrons. The zero-order valence-electron chi connectivity index (χ0n) is 10.8. The third kappa shape index (κ3) is 1.33. The van der Waals surface area contributed by atoms with Crippen molar-refractivity contribution in [2.45, 2.75) is 34.1 Å². The van der Waals surface area contributed by atoms with Gasteiger partial charge in [-0.3, -0.25) is 9.97 Å². The summed E-state index contributed by atoms with van der Waals surface area (Å²) < 4.78 is 0. The number of fused-ring (bicyclic) bond motifs is 3. The predicted octanol–water partition coefficient (Wildman–Crippen LogP) is 3.28. The normalized spacial score (nSPS) is 12.5. The van der Waals surface area contributed by atoms with Crippen molar-refractivity contribution < 1.29 is 0 Å². The van der Waals surface area contributed by atoms with Crippen LogP contribution in [-0.2, 0) is 6.42 Å². The standard InChI is InChI=1S/C15H16N2/c1-8-6-17-14-5-12-10(3)11(4)16-7-13(12)15(14)9(8)2/h6-7H,5H2,1-4H3. The molecule has 0 amide bonds. The van der Waals surface area contributed by atoms with E-state index in [4.69, 9.17) is 0 Å². The van der Waals surface area contributed by atoms with Gasteiger partial charge in [0, 0.05) is 35.6 Å². The molecular formula is C15H16N2. The summed E-state index contributed by atoms with van der Waals surface area (Å²) in [6, 6.07) is 0. The van der Waals surface area contributed by atoms with Crippen molar-refractivity contribution in [2.24, 2.45) is 0 Å². The second-order valence-corrected chi connectivity index (χ2v) is 4.93. The van der Waals surface area contributed by atoms with Gasteiger partial charge >= 0.3 is 0 Å². The van der Waals surface area contributed by atoms with Crippen LogP contribution in [0.1, 0.15) is 33.6 Å². The first kappa shape index (κ1) is 10.5. The Morgan fingerprint density at radius 3 is 2.47 bits per heavy atom. The Morgan fingerprint density at radius 1 is 0.941 bits per heavy atom. The number of hydrogen-bond acceptors (Lipinski definition) is 2. The van der Waals surface area contributed by atoms with Crippen LogP contribution in [-0.4, -0.2) is 9.97 Å². The van der Waals surface area contributed by atoms with Crippen molar-refractivity contribution in [2.75, 3.05) is 0 Å². The molecule has 0 aliphatic heterocycles. The molecule has 2 heterocycles. The average molecular weight is 224 g/mol. The van der Waals surface area contributed by atoms with Crippen molar-refractivity contribution in [3.05, 3.63) is 46.0 Å². The van der Waals surface area contributed by atoms with Crippen molar-refractivity contribution in [3.63, 3.8) is 0 Å². The minimum atomic E-state index is 0.959. The monoisotopic (exact) mass is 224 g/mol. The summed E-state index contributed by atoms with van der Waals surface area (Å²) in [5, 5.41) is 0. The molecule has 2 heteroatoms. The molecule has 0 spiro atoms. The molecule has 2 aromatic heterocycles. The fourth-order valence-electron chi connectivity index (χ4n) is 2.61. The third-order valence-corrected chi connectivity index (χ3v) is 3.99. The number of pyridine rings is 2. The van der Waals surface area contributed by atoms with Crippen LogP contribution in [0.3, 0.4) is 0 Å². The summed E-state index contributed by atoms with van der Waals surface area (Å²) in [4.78, 5) is 9.07. The molecule has 0 atom stereocenters. The van der Waals surface area contributed by atoms with E-state index < -0.39 is 0 Å². The second kappa shape index (κ2) is 3.39. The SMILES string of the molecule is Cc1cnc2c(c1C)-c1cnc(C)c(C)c1C2. The Bertz CT molecular complexity index is 627. The van der Waals surface area contributed by atoms with E-state index in [9.17, 15) is 0 Å². The first-order valence-electron chi connectivity index (χ1n) is 6.00. The van der Waals surface area contributed by atoms with Crippen LogP contribution in [0.2, 0.25) is 0 Å². The lowest BCUT2D eigenvalue weighted by atomic mass is 9.99. The lowest BCUT2D eigenvalue weighted by Gasteiger charge is -2.08. The number of hydrogen-bond donors (Lipinski definition) is 0. The van der Waals surface area contributed by atoms with E-state index in [1.807, 2.05) is 12.4 Å². The summed E-state index contributed by atoms with van der Waals surface area (Å²) in [6.07, 6.45) is 4.95. The molecule has 0 radical (unpaired) electrons. The van der Waals surface area contributed by atoms with Crippen molar-refractivity contribution in [1.82, 2.24) is 9.97 Å². The predicted molar refractivity (Wildman–Crippen MR) is 69.2 cm³/mol. The fourth-order valence-corrected chi connectivity index (χ4v) is 2.61. The van der Waals surface area contributed by atoms with Crippen molar-refractivity contribution >= 4 is 0 Å². The Kier molecular flexibility index (Phi) is 2.09. The first-order chi connectivity index (χ1) is 8.09. The highest BCUT2D eigenvalue weighted by Crippen LogP contribution is 2.39. The number of rotatable bonds is 0. The maximum absolute atomic E-state index is 4.58. The molecule has 17 heavy (non-hydrogen) atoms. The van der Waals surface area contributed by atoms with Gasteiger partial charge in [-0.1, -0.05) is 0 Å². The molecule has 1 aliphatic carbocycles. The van der Waals surface area contributed by atoms with Crippen molar-refractivity contribution in [1.29, 1.82) is 0 Å². The molecule has 0 saturated carbocycles. The van der Waals surface area contributed by atoms with Gasteiger partial charge in [0.15, 0.2) is 0 Å². The van der Waals surface area contributed by atoms with Crippen molar-refractivity contribution in [3.8, 4) is 11.1 Å². The van der Waals surface area contributed by atoms with E-state index >= 15 is 0 Å². The van der Waals surface area contributed by atoms with E-state index in [1.54, 1.807) is 0 Å². The van der Waals surface area contributed by atoms with Crippen LogP contribution in [0.5, 0.6) is 0 Å². The average Bonchev–Trinajstić information content (AvgIpc) is 2.69. The van der Waals surface area contributed by atoms with Gasteiger partial charge in [0.05, 0.1) is 5.69 Å². The zero-order chi connectivity index (χ0) is 12.2. The van der Waals surface area contributed by atoms with Gasteiger partial charge in [-0.25, -0.2) is 0 Å². The Hall–Kier alpha value is -1.70. The fraction of sp³-hybridized carbons (Fsp3) is 0.333. The molecule has 0 N–H and O–H groups in total. The van der Waals surface area contributed by atoms with Gasteiger partial charge in [-0.05, 0) is 49.9 Å². The Morgan fingerprint density at radius 2 is 1.71 bits per heavy atom. The molecule has 1 aliphatic rings. The van der Waals surface area contributed by atoms with E-state index in [-0.39, 0.29) is 0 Å². The summed E-state index contributed by atoms with van der Waals surface area (Å²) in [7, 11) is 0. The van der Waals surface area contributed by atoms with Gasteiger partial charge in [0.2, 0.25) is 0 Å². The molecule has 3 rings (SSSR count). The second-order valence-electron chi connectivity index (χ2n) is 4.93. The summed E-state index contributed by atoms with van der Waals surface area (Å²) in [5.41, 5.74) is 10.3. The summed E-state index contributed by atoms with van der Waals surface area (Å²) in [5.74, 6) is 0. The zero-order valence-corrected chi connectivity index (χ0v) is 10.8. The van der Waals surface area contributed by atoms with Crippen LogP contribution in [0.15, 0.2) is 12.4 Å². The molecule has 2 aromatic rings. The van der Waals surface area contributed by atoms with E-state index in [0.29, 0.717) is 0 Å². The van der Waals surface area contributed by atoms with Gasteiger partial charge in [0.25, 0.3) is 0 Å². The Labute approximate surface area is 102 Å². The molecule has 0 fully saturated rings. The number of nitrogens with zero attached hydrogens (tertiary/aromatic N) is 2. The van der Waals surface area contributed by atoms with E-state index in [1.165, 1.54) is 39.1 Å². The number of aryl methyl sites for hydroxylation is 2. The largest absolute Gasteiger partial charge is 0.261 e. The minimum Gasteiger partial charge on any atom is -0.261 e. The van der Waals surface area contributed by atoms with Gasteiger partial charge < -0.3 is 0 Å².